The Morgan fingerprint density at radius 1 is 0.293 bits per heavy atom. The molecular formula is C80H156O17P2. The predicted molar refractivity (Wildman–Crippen MR) is 405 cm³/mol. The Labute approximate surface area is 607 Å². The number of phosphoric ester groups is 2. The number of phosphoric acid groups is 2. The fourth-order valence-electron chi connectivity index (χ4n) is 12.3. The average Bonchev–Trinajstić information content (AvgIpc) is 1.07. The summed E-state index contributed by atoms with van der Waals surface area (Å²) in [5, 5.41) is 10.6. The molecule has 0 saturated carbocycles. The lowest BCUT2D eigenvalue weighted by Gasteiger charge is -2.21. The Morgan fingerprint density at radius 2 is 0.515 bits per heavy atom. The second-order valence-electron chi connectivity index (χ2n) is 29.5. The Balaban J connectivity index is 5.18. The van der Waals surface area contributed by atoms with Crippen LogP contribution in [0.5, 0.6) is 0 Å². The summed E-state index contributed by atoms with van der Waals surface area (Å²) in [5.41, 5.74) is 0. The van der Waals surface area contributed by atoms with E-state index in [-0.39, 0.29) is 25.7 Å². The Morgan fingerprint density at radius 3 is 0.768 bits per heavy atom. The first kappa shape index (κ1) is 97.1. The molecule has 0 aliphatic rings. The minimum absolute atomic E-state index is 0.106. The van der Waals surface area contributed by atoms with Crippen LogP contribution < -0.4 is 0 Å². The molecule has 0 aromatic heterocycles. The van der Waals surface area contributed by atoms with Gasteiger partial charge in [0, 0.05) is 25.7 Å². The number of esters is 4. The molecule has 17 nitrogen and oxygen atoms in total. The molecule has 0 aromatic carbocycles. The first-order valence-corrected chi connectivity index (χ1v) is 44.5. The van der Waals surface area contributed by atoms with E-state index in [1.807, 2.05) is 0 Å². The fourth-order valence-corrected chi connectivity index (χ4v) is 13.9. The van der Waals surface area contributed by atoms with Gasteiger partial charge in [0.1, 0.15) is 19.3 Å². The van der Waals surface area contributed by atoms with Crippen LogP contribution >= 0.6 is 15.6 Å². The molecule has 0 saturated heterocycles. The van der Waals surface area contributed by atoms with E-state index in [9.17, 15) is 43.2 Å². The number of unbranched alkanes of at least 4 members (excludes halogenated alkanes) is 48. The van der Waals surface area contributed by atoms with Crippen molar-refractivity contribution in [1.29, 1.82) is 0 Å². The molecule has 0 aliphatic carbocycles. The van der Waals surface area contributed by atoms with Gasteiger partial charge in [-0.05, 0) is 37.5 Å². The average molecular weight is 1450 g/mol. The maximum atomic E-state index is 13.1. The van der Waals surface area contributed by atoms with Gasteiger partial charge >= 0.3 is 39.5 Å². The van der Waals surface area contributed by atoms with Gasteiger partial charge in [0.25, 0.3) is 0 Å². The molecule has 0 heterocycles. The Kier molecular flexibility index (Phi) is 70.3. The lowest BCUT2D eigenvalue weighted by molar-refractivity contribution is -0.161. The number of aliphatic hydroxyl groups is 1. The van der Waals surface area contributed by atoms with Gasteiger partial charge in [0.2, 0.25) is 0 Å². The van der Waals surface area contributed by atoms with Crippen molar-refractivity contribution in [2.75, 3.05) is 39.6 Å². The second-order valence-corrected chi connectivity index (χ2v) is 32.4. The highest BCUT2D eigenvalue weighted by Crippen LogP contribution is 2.45. The van der Waals surface area contributed by atoms with Crippen molar-refractivity contribution in [3.63, 3.8) is 0 Å². The molecule has 19 heteroatoms. The molecule has 0 amide bonds. The van der Waals surface area contributed by atoms with Crippen LogP contribution in [0.15, 0.2) is 0 Å². The summed E-state index contributed by atoms with van der Waals surface area (Å²) < 4.78 is 68.6. The van der Waals surface area contributed by atoms with E-state index in [2.05, 4.69) is 41.5 Å². The maximum absolute atomic E-state index is 13.1. The van der Waals surface area contributed by atoms with Crippen LogP contribution in [-0.2, 0) is 65.4 Å². The van der Waals surface area contributed by atoms with Crippen molar-refractivity contribution < 1.29 is 80.2 Å². The lowest BCUT2D eigenvalue weighted by atomic mass is 9.99. The number of rotatable bonds is 79. The zero-order chi connectivity index (χ0) is 72.8. The number of ether oxygens (including phenoxy) is 4. The minimum atomic E-state index is -4.96. The molecule has 0 aromatic rings. The largest absolute Gasteiger partial charge is 0.472 e. The molecule has 99 heavy (non-hydrogen) atoms. The molecule has 0 spiro atoms. The summed E-state index contributed by atoms with van der Waals surface area (Å²) in [6, 6.07) is 0. The van der Waals surface area contributed by atoms with E-state index in [0.717, 1.165) is 108 Å². The Hall–Kier alpha value is -1.94. The molecule has 3 unspecified atom stereocenters. The number of aliphatic hydroxyl groups excluding tert-OH is 1. The highest BCUT2D eigenvalue weighted by molar-refractivity contribution is 7.47. The van der Waals surface area contributed by atoms with Crippen LogP contribution in [0, 0.1) is 11.8 Å². The molecule has 0 fully saturated rings. The third kappa shape index (κ3) is 72.8. The quantitative estimate of drug-likeness (QED) is 0.0222. The highest BCUT2D eigenvalue weighted by Gasteiger charge is 2.30. The summed E-state index contributed by atoms with van der Waals surface area (Å²) in [6.45, 7) is 9.67. The van der Waals surface area contributed by atoms with Crippen molar-refractivity contribution in [1.82, 2.24) is 0 Å². The zero-order valence-electron chi connectivity index (χ0n) is 64.8. The summed E-state index contributed by atoms with van der Waals surface area (Å²) in [7, 11) is -9.91. The van der Waals surface area contributed by atoms with Crippen LogP contribution in [-0.4, -0.2) is 96.7 Å². The minimum Gasteiger partial charge on any atom is -0.462 e. The topological polar surface area (TPSA) is 237 Å². The van der Waals surface area contributed by atoms with Crippen LogP contribution in [0.2, 0.25) is 0 Å². The molecular weight excluding hydrogens is 1290 g/mol. The van der Waals surface area contributed by atoms with Crippen LogP contribution in [0.3, 0.4) is 0 Å². The van der Waals surface area contributed by atoms with Gasteiger partial charge in [-0.3, -0.25) is 37.3 Å². The van der Waals surface area contributed by atoms with Gasteiger partial charge in [0.05, 0.1) is 26.4 Å². The molecule has 0 radical (unpaired) electrons. The monoisotopic (exact) mass is 1450 g/mol. The van der Waals surface area contributed by atoms with Gasteiger partial charge < -0.3 is 33.8 Å². The first-order valence-electron chi connectivity index (χ1n) is 41.5. The van der Waals surface area contributed by atoms with E-state index < -0.39 is 97.5 Å². The SMILES string of the molecule is CCCCCCCCCCCCCCCCCC(=O)OC[C@H](COP(=O)(O)OC[C@@H](O)COP(=O)(O)OC[C@@H](COC(=O)CCCCCCCCCC)OC(=O)CCCCCCCCCCCCCC(C)C)OC(=O)CCCCCCCCCCCCCCCCCCCCC(C)CC. The third-order valence-corrected chi connectivity index (χ3v) is 21.0. The fraction of sp³-hybridized carbons (Fsp3) is 0.950. The normalized spacial score (nSPS) is 14.2. The summed E-state index contributed by atoms with van der Waals surface area (Å²) in [6.07, 6.45) is 61.1. The second kappa shape index (κ2) is 71.7. The van der Waals surface area contributed by atoms with Crippen LogP contribution in [0.4, 0.5) is 0 Å². The predicted octanol–water partition coefficient (Wildman–Crippen LogP) is 23.9. The van der Waals surface area contributed by atoms with Crippen molar-refractivity contribution in [2.24, 2.45) is 11.8 Å². The number of hydrogen-bond acceptors (Lipinski definition) is 15. The molecule has 0 rings (SSSR count). The van der Waals surface area contributed by atoms with Crippen LogP contribution in [0.1, 0.15) is 420 Å². The van der Waals surface area contributed by atoms with Gasteiger partial charge in [-0.2, -0.15) is 0 Å². The van der Waals surface area contributed by atoms with E-state index >= 15 is 0 Å². The summed E-state index contributed by atoms with van der Waals surface area (Å²) in [4.78, 5) is 72.9. The van der Waals surface area contributed by atoms with Crippen molar-refractivity contribution in [3.8, 4) is 0 Å². The van der Waals surface area contributed by atoms with Gasteiger partial charge in [-0.1, -0.05) is 369 Å². The summed E-state index contributed by atoms with van der Waals surface area (Å²) in [5.74, 6) is -0.476. The van der Waals surface area contributed by atoms with E-state index in [0.29, 0.717) is 25.7 Å². The Bertz CT molecular complexity index is 1910. The number of carbonyl (C=O) groups is 4. The highest BCUT2D eigenvalue weighted by atomic mass is 31.2. The van der Waals surface area contributed by atoms with Crippen molar-refractivity contribution >= 4 is 39.5 Å². The lowest BCUT2D eigenvalue weighted by Crippen LogP contribution is -2.30. The molecule has 3 N–H and O–H groups in total. The van der Waals surface area contributed by atoms with Gasteiger partial charge in [-0.15, -0.1) is 0 Å². The van der Waals surface area contributed by atoms with Crippen molar-refractivity contribution in [3.05, 3.63) is 0 Å². The molecule has 0 aliphatic heterocycles. The standard InChI is InChI=1S/C80H156O17P2/c1-7-10-12-14-16-18-19-20-25-29-34-39-45-51-57-63-78(83)91-69-76(97-79(84)64-58-52-46-40-35-30-27-24-22-21-23-26-28-33-38-43-49-55-61-73(6)9-3)71-95-99(88,89)93-67-74(81)66-92-98(86,87)94-70-75(68-90-77(82)62-56-50-44-17-15-13-11-8-2)96-80(85)65-59-53-47-41-36-31-32-37-42-48-54-60-72(4)5/h72-76,81H,7-71H2,1-6H3,(H,86,87)(H,88,89)/t73?,74-,75+,76+/m0/s1. The van der Waals surface area contributed by atoms with Crippen LogP contribution in [0.25, 0.3) is 0 Å². The molecule has 0 bridgehead atoms. The zero-order valence-corrected chi connectivity index (χ0v) is 66.6. The smallest absolute Gasteiger partial charge is 0.462 e. The van der Waals surface area contributed by atoms with Crippen molar-refractivity contribution in [2.45, 2.75) is 439 Å². The van der Waals surface area contributed by atoms with Gasteiger partial charge in [-0.25, -0.2) is 9.13 Å². The van der Waals surface area contributed by atoms with E-state index in [4.69, 9.17) is 37.0 Å². The van der Waals surface area contributed by atoms with E-state index in [1.165, 1.54) is 231 Å². The van der Waals surface area contributed by atoms with E-state index in [1.54, 1.807) is 0 Å². The first-order chi connectivity index (χ1) is 47.9. The number of hydrogen-bond donors (Lipinski definition) is 3. The molecule has 588 valence electrons. The van der Waals surface area contributed by atoms with Gasteiger partial charge in [0.15, 0.2) is 12.2 Å². The third-order valence-electron chi connectivity index (χ3n) is 19.1. The molecule has 6 atom stereocenters. The number of carbonyl (C=O) groups excluding carboxylic acids is 4. The maximum Gasteiger partial charge on any atom is 0.472 e. The summed E-state index contributed by atoms with van der Waals surface area (Å²) >= 11 is 0.